The second kappa shape index (κ2) is 12.0. The first-order valence-electron chi connectivity index (χ1n) is 16.7. The monoisotopic (exact) mass is 630 g/mol. The quantitative estimate of drug-likeness (QED) is 0.198. The molecule has 7 aromatic rings. The number of rotatable bonds is 4. The average Bonchev–Trinajstić information content (AvgIpc) is 3.98. The van der Waals surface area contributed by atoms with E-state index < -0.39 is 0 Å². The molecule has 2 N–H and O–H groups in total. The SMILES string of the molecule is Cn1c2ccc1[C@H](c1ccccc1)c1ccc([nH]1)/C(c1ccccc1)=C1/C=CC(=N1)/C(c1ccccc1)=c1/cc/c([nH]1)=C/2c1ccccc1. The van der Waals surface area contributed by atoms with Gasteiger partial charge >= 0.3 is 0 Å². The minimum atomic E-state index is -0.0175. The molecular weight excluding hydrogens is 597 g/mol. The first kappa shape index (κ1) is 28.8. The van der Waals surface area contributed by atoms with Gasteiger partial charge in [-0.1, -0.05) is 121 Å². The highest BCUT2D eigenvalue weighted by Crippen LogP contribution is 2.37. The summed E-state index contributed by atoms with van der Waals surface area (Å²) in [4.78, 5) is 13.1. The highest BCUT2D eigenvalue weighted by atomic mass is 15.0. The zero-order valence-corrected chi connectivity index (χ0v) is 27.1. The minimum absolute atomic E-state index is 0.0175. The van der Waals surface area contributed by atoms with Crippen LogP contribution in [0.15, 0.2) is 181 Å². The van der Waals surface area contributed by atoms with E-state index in [0.717, 1.165) is 72.6 Å². The molecule has 4 nitrogen and oxygen atoms in total. The summed E-state index contributed by atoms with van der Waals surface area (Å²) in [6.45, 7) is 0. The van der Waals surface area contributed by atoms with Crippen molar-refractivity contribution in [3.05, 3.63) is 231 Å². The van der Waals surface area contributed by atoms with Gasteiger partial charge in [-0.15, -0.1) is 0 Å². The Morgan fingerprint density at radius 1 is 0.510 bits per heavy atom. The van der Waals surface area contributed by atoms with Crippen LogP contribution in [0.5, 0.6) is 0 Å². The van der Waals surface area contributed by atoms with Crippen molar-refractivity contribution in [1.82, 2.24) is 14.5 Å². The topological polar surface area (TPSA) is 48.9 Å². The lowest BCUT2D eigenvalue weighted by Gasteiger charge is -2.20. The molecule has 0 saturated carbocycles. The van der Waals surface area contributed by atoms with Crippen molar-refractivity contribution in [2.24, 2.45) is 12.0 Å². The molecule has 4 heteroatoms. The molecule has 0 radical (unpaired) electrons. The van der Waals surface area contributed by atoms with Crippen LogP contribution >= 0.6 is 0 Å². The van der Waals surface area contributed by atoms with Crippen molar-refractivity contribution >= 4 is 22.4 Å². The van der Waals surface area contributed by atoms with E-state index in [1.54, 1.807) is 0 Å². The smallest absolute Gasteiger partial charge is 0.0737 e. The fourth-order valence-corrected chi connectivity index (χ4v) is 7.42. The van der Waals surface area contributed by atoms with E-state index >= 15 is 0 Å². The average molecular weight is 631 g/mol. The lowest BCUT2D eigenvalue weighted by Crippen LogP contribution is -2.20. The third kappa shape index (κ3) is 5.06. The molecule has 4 aromatic carbocycles. The van der Waals surface area contributed by atoms with Crippen LogP contribution in [-0.4, -0.2) is 20.2 Å². The summed E-state index contributed by atoms with van der Waals surface area (Å²) in [6.07, 6.45) is 4.31. The normalized spacial score (nSPS) is 19.2. The van der Waals surface area contributed by atoms with E-state index in [2.05, 4.69) is 191 Å². The number of fused-ring (bicyclic) bond motifs is 7. The molecule has 0 fully saturated rings. The Hall–Kier alpha value is -6.39. The number of aliphatic imine (C=N–C) groups is 1. The Balaban J connectivity index is 1.42. The zero-order valence-electron chi connectivity index (χ0n) is 27.1. The van der Waals surface area contributed by atoms with E-state index in [4.69, 9.17) is 4.99 Å². The third-order valence-electron chi connectivity index (χ3n) is 9.70. The Morgan fingerprint density at radius 2 is 1.08 bits per heavy atom. The van der Waals surface area contributed by atoms with Crippen LogP contribution in [0.3, 0.4) is 0 Å². The molecule has 2 aliphatic rings. The lowest BCUT2D eigenvalue weighted by molar-refractivity contribution is 0.773. The maximum Gasteiger partial charge on any atom is 0.0737 e. The Bertz CT molecular complexity index is 2520. The molecule has 0 aliphatic carbocycles. The molecule has 234 valence electrons. The summed E-state index contributed by atoms with van der Waals surface area (Å²) < 4.78 is 2.36. The number of benzene rings is 4. The molecule has 3 aromatic heterocycles. The number of nitrogens with one attached hydrogen (secondary N) is 2. The van der Waals surface area contributed by atoms with Crippen LogP contribution in [0.25, 0.3) is 16.7 Å². The molecule has 9 rings (SSSR count). The van der Waals surface area contributed by atoms with Crippen molar-refractivity contribution in [3.8, 4) is 0 Å². The van der Waals surface area contributed by atoms with Crippen LogP contribution in [0.1, 0.15) is 50.9 Å². The molecule has 49 heavy (non-hydrogen) atoms. The van der Waals surface area contributed by atoms with Crippen molar-refractivity contribution < 1.29 is 0 Å². The van der Waals surface area contributed by atoms with Crippen LogP contribution in [0, 0.1) is 0 Å². The number of allylic oxidation sites excluding steroid dienone is 2. The Morgan fingerprint density at radius 3 is 1.73 bits per heavy atom. The van der Waals surface area contributed by atoms with E-state index in [-0.39, 0.29) is 5.92 Å². The lowest BCUT2D eigenvalue weighted by atomic mass is 9.92. The molecular formula is C45H34N4. The molecule has 0 amide bonds. The second-order valence-corrected chi connectivity index (χ2v) is 12.6. The van der Waals surface area contributed by atoms with Crippen molar-refractivity contribution in [2.45, 2.75) is 5.92 Å². The van der Waals surface area contributed by atoms with Gasteiger partial charge in [0.25, 0.3) is 0 Å². The van der Waals surface area contributed by atoms with Gasteiger partial charge in [0.05, 0.1) is 23.0 Å². The molecule has 0 saturated heterocycles. The number of nitrogens with zero attached hydrogens (tertiary/aromatic N) is 2. The summed E-state index contributed by atoms with van der Waals surface area (Å²) >= 11 is 0. The van der Waals surface area contributed by atoms with E-state index in [1.807, 2.05) is 0 Å². The van der Waals surface area contributed by atoms with Crippen LogP contribution in [0.4, 0.5) is 0 Å². The molecule has 0 spiro atoms. The third-order valence-corrected chi connectivity index (χ3v) is 9.70. The van der Waals surface area contributed by atoms with Crippen LogP contribution < -0.4 is 10.7 Å². The van der Waals surface area contributed by atoms with Gasteiger partial charge in [0.15, 0.2) is 0 Å². The number of H-pyrrole nitrogens is 2. The molecule has 2 aliphatic heterocycles. The first-order chi connectivity index (χ1) is 24.2. The standard InChI is InChI=1S/C45H34N4/c1-49-40-28-29-41(49)45(33-20-12-5-13-21-33)39-27-25-37(48-39)43(31-16-8-3-9-17-31)35-23-22-34(46-35)42(30-14-6-2-7-15-30)36-24-26-38(47-36)44(40)32-18-10-4-11-19-32/h2-29,44,47-48H,1H3/b42-34-,43-37-,45-39-/t44-/m1/s1. The predicted octanol–water partition coefficient (Wildman–Crippen LogP) is 8.09. The summed E-state index contributed by atoms with van der Waals surface area (Å²) in [7, 11) is 2.19. The number of aromatic nitrogens is 3. The largest absolute Gasteiger partial charge is 0.357 e. The number of hydrogen-bond donors (Lipinski definition) is 2. The zero-order chi connectivity index (χ0) is 32.7. The number of aromatic amines is 2. The minimum Gasteiger partial charge on any atom is -0.357 e. The summed E-state index contributed by atoms with van der Waals surface area (Å²) in [5.74, 6) is -0.0175. The molecule has 1 atom stereocenters. The van der Waals surface area contributed by atoms with E-state index in [9.17, 15) is 0 Å². The van der Waals surface area contributed by atoms with Crippen molar-refractivity contribution in [1.29, 1.82) is 0 Å². The highest BCUT2D eigenvalue weighted by molar-refractivity contribution is 6.30. The maximum absolute atomic E-state index is 5.38. The summed E-state index contributed by atoms with van der Waals surface area (Å²) in [5, 5.41) is 2.07. The molecule has 5 heterocycles. The predicted molar refractivity (Wildman–Crippen MR) is 200 cm³/mol. The van der Waals surface area contributed by atoms with Gasteiger partial charge in [-0.25, -0.2) is 4.99 Å². The van der Waals surface area contributed by atoms with Crippen LogP contribution in [0.2, 0.25) is 0 Å². The van der Waals surface area contributed by atoms with Crippen LogP contribution in [-0.2, 0) is 7.05 Å². The fourth-order valence-electron chi connectivity index (χ4n) is 7.42. The van der Waals surface area contributed by atoms with Crippen molar-refractivity contribution in [3.63, 3.8) is 0 Å². The Kier molecular flexibility index (Phi) is 7.06. The van der Waals surface area contributed by atoms with Gasteiger partial charge < -0.3 is 14.5 Å². The summed E-state index contributed by atoms with van der Waals surface area (Å²) in [6, 6.07) is 56.0. The fraction of sp³-hybridized carbons (Fsp3) is 0.0444. The van der Waals surface area contributed by atoms with Gasteiger partial charge in [0.1, 0.15) is 0 Å². The van der Waals surface area contributed by atoms with Gasteiger partial charge in [-0.05, 0) is 70.8 Å². The first-order valence-corrected chi connectivity index (χ1v) is 16.7. The second-order valence-electron chi connectivity index (χ2n) is 12.6. The van der Waals surface area contributed by atoms with E-state index in [0.29, 0.717) is 0 Å². The van der Waals surface area contributed by atoms with Gasteiger partial charge in [-0.3, -0.25) is 0 Å². The van der Waals surface area contributed by atoms with Gasteiger partial charge in [0, 0.05) is 51.5 Å². The van der Waals surface area contributed by atoms with E-state index in [1.165, 1.54) is 11.3 Å². The molecule has 0 unspecified atom stereocenters. The van der Waals surface area contributed by atoms with Crippen molar-refractivity contribution in [2.75, 3.05) is 0 Å². The Labute approximate surface area is 285 Å². The number of hydrogen-bond acceptors (Lipinski definition) is 1. The van der Waals surface area contributed by atoms with Gasteiger partial charge in [0.2, 0.25) is 0 Å². The maximum atomic E-state index is 5.38. The highest BCUT2D eigenvalue weighted by Gasteiger charge is 2.26. The molecule has 8 bridgehead atoms. The van der Waals surface area contributed by atoms with Gasteiger partial charge in [-0.2, -0.15) is 0 Å². The summed E-state index contributed by atoms with van der Waals surface area (Å²) in [5.41, 5.74) is 14.2.